The molecule has 25 heavy (non-hydrogen) atoms. The molecule has 0 fully saturated rings. The smallest absolute Gasteiger partial charge is 0.235 e. The number of aryl methyl sites for hydroxylation is 1. The van der Waals surface area contributed by atoms with Gasteiger partial charge in [-0.05, 0) is 66.8 Å². The van der Waals surface area contributed by atoms with E-state index >= 15 is 0 Å². The number of hydrogen-bond donors (Lipinski definition) is 2. The number of likely N-dealkylation sites (N-methyl/N-ethyl adjacent to an activating group) is 1. The summed E-state index contributed by atoms with van der Waals surface area (Å²) in [6.07, 6.45) is 1.50. The molecule has 0 saturated carbocycles. The maximum atomic E-state index is 10.7. The molecule has 128 valence electrons. The number of ether oxygens (including phenoxy) is 1. The molecular weight excluding hydrogens is 316 g/mol. The Kier molecular flexibility index (Phi) is 3.41. The molecule has 5 nitrogen and oxygen atoms in total. The van der Waals surface area contributed by atoms with Gasteiger partial charge >= 0.3 is 0 Å². The van der Waals surface area contributed by atoms with Crippen molar-refractivity contribution in [3.05, 3.63) is 45.8 Å². The average molecular weight is 336 g/mol. The second kappa shape index (κ2) is 5.40. The molecule has 2 aromatic carbocycles. The highest BCUT2D eigenvalue weighted by Crippen LogP contribution is 2.56. The van der Waals surface area contributed by atoms with Crippen molar-refractivity contribution in [2.45, 2.75) is 25.8 Å². The van der Waals surface area contributed by atoms with Crippen molar-refractivity contribution in [3.63, 3.8) is 0 Å². The maximum Gasteiger partial charge on any atom is 0.235 e. The normalized spacial score (nSPS) is 18.2. The van der Waals surface area contributed by atoms with E-state index in [1.807, 2.05) is 19.1 Å². The molecule has 2 aromatic rings. The lowest BCUT2D eigenvalue weighted by Crippen LogP contribution is -2.35. The molecule has 0 bridgehead atoms. The number of aromatic hydroxyl groups is 2. The summed E-state index contributed by atoms with van der Waals surface area (Å²) < 4.78 is 5.55. The number of rotatable bonds is 1. The summed E-state index contributed by atoms with van der Waals surface area (Å²) in [5.41, 5.74) is 5.99. The first-order valence-electron chi connectivity index (χ1n) is 8.34. The number of methoxy groups -OCH3 is 1. The average Bonchev–Trinajstić information content (AvgIpc) is 2.59. The van der Waals surface area contributed by atoms with Gasteiger partial charge in [0, 0.05) is 18.2 Å². The van der Waals surface area contributed by atoms with E-state index in [0.29, 0.717) is 11.4 Å². The highest BCUT2D eigenvalue weighted by molar-refractivity contribution is 5.89. The van der Waals surface area contributed by atoms with Gasteiger partial charge in [-0.2, -0.15) is 0 Å². The van der Waals surface area contributed by atoms with Crippen LogP contribution in [0, 0.1) is 13.5 Å². The number of hydrogen-bond acceptors (Lipinski definition) is 4. The summed E-state index contributed by atoms with van der Waals surface area (Å²) in [6, 6.07) is 3.88. The first-order chi connectivity index (χ1) is 12.0. The van der Waals surface area contributed by atoms with E-state index in [9.17, 15) is 10.2 Å². The van der Waals surface area contributed by atoms with Crippen LogP contribution in [-0.4, -0.2) is 35.8 Å². The fourth-order valence-electron chi connectivity index (χ4n) is 4.25. The maximum absolute atomic E-state index is 10.7. The minimum Gasteiger partial charge on any atom is -0.516 e. The summed E-state index contributed by atoms with van der Waals surface area (Å²) in [5.74, 6) is 0.561. The van der Waals surface area contributed by atoms with Crippen LogP contribution in [-0.2, 0) is 12.8 Å². The van der Waals surface area contributed by atoms with Gasteiger partial charge < -0.3 is 14.9 Å². The van der Waals surface area contributed by atoms with E-state index in [1.165, 1.54) is 7.11 Å². The van der Waals surface area contributed by atoms with Crippen LogP contribution in [0.1, 0.15) is 28.3 Å². The highest BCUT2D eigenvalue weighted by Gasteiger charge is 2.38. The van der Waals surface area contributed by atoms with Crippen LogP contribution in [0.3, 0.4) is 0 Å². The fraction of sp³-hybridized carbons (Fsp3) is 0.350. The molecular formula is C20H20N2O3. The van der Waals surface area contributed by atoms with E-state index in [4.69, 9.17) is 11.3 Å². The lowest BCUT2D eigenvalue weighted by Gasteiger charge is -2.41. The Bertz CT molecular complexity index is 943. The minimum atomic E-state index is -0.0758. The molecule has 0 aromatic heterocycles. The summed E-state index contributed by atoms with van der Waals surface area (Å²) >= 11 is 0. The Labute approximate surface area is 146 Å². The molecule has 0 spiro atoms. The SMILES string of the molecule is [C-]#[N+]c1c(O)c(OC)c2c3c1CCN(C)C3Cc1cc(O)c(C)cc1-2. The van der Waals surface area contributed by atoms with Gasteiger partial charge in [-0.1, -0.05) is 0 Å². The Balaban J connectivity index is 2.16. The van der Waals surface area contributed by atoms with Crippen molar-refractivity contribution < 1.29 is 14.9 Å². The monoisotopic (exact) mass is 336 g/mol. The molecule has 5 heteroatoms. The zero-order chi connectivity index (χ0) is 17.9. The van der Waals surface area contributed by atoms with Crippen molar-refractivity contribution >= 4 is 5.69 Å². The van der Waals surface area contributed by atoms with Gasteiger partial charge in [0.05, 0.1) is 13.7 Å². The zero-order valence-corrected chi connectivity index (χ0v) is 14.6. The van der Waals surface area contributed by atoms with Gasteiger partial charge in [-0.3, -0.25) is 4.90 Å². The summed E-state index contributed by atoms with van der Waals surface area (Å²) in [5, 5.41) is 20.8. The quantitative estimate of drug-likeness (QED) is 0.780. The Hall–Kier alpha value is -2.71. The Morgan fingerprint density at radius 1 is 1.32 bits per heavy atom. The molecule has 2 N–H and O–H groups in total. The summed E-state index contributed by atoms with van der Waals surface area (Å²) in [7, 11) is 3.60. The third-order valence-corrected chi connectivity index (χ3v) is 5.55. The topological polar surface area (TPSA) is 57.3 Å². The van der Waals surface area contributed by atoms with Crippen LogP contribution in [0.25, 0.3) is 16.0 Å². The van der Waals surface area contributed by atoms with Gasteiger partial charge in [-0.15, -0.1) is 0 Å². The van der Waals surface area contributed by atoms with Crippen LogP contribution in [0.15, 0.2) is 12.1 Å². The predicted molar refractivity (Wildman–Crippen MR) is 95.5 cm³/mol. The van der Waals surface area contributed by atoms with Crippen molar-refractivity contribution in [2.24, 2.45) is 0 Å². The van der Waals surface area contributed by atoms with Crippen molar-refractivity contribution in [3.8, 4) is 28.4 Å². The van der Waals surface area contributed by atoms with Crippen LogP contribution < -0.4 is 4.74 Å². The second-order valence-corrected chi connectivity index (χ2v) is 6.86. The summed E-state index contributed by atoms with van der Waals surface area (Å²) in [6.45, 7) is 10.2. The van der Waals surface area contributed by atoms with E-state index < -0.39 is 0 Å². The number of phenols is 2. The third-order valence-electron chi connectivity index (χ3n) is 5.55. The molecule has 0 saturated heterocycles. The van der Waals surface area contributed by atoms with Crippen LogP contribution in [0.2, 0.25) is 0 Å². The molecule has 1 unspecified atom stereocenters. The van der Waals surface area contributed by atoms with Gasteiger partial charge in [-0.25, -0.2) is 4.85 Å². The van der Waals surface area contributed by atoms with Crippen molar-refractivity contribution in [2.75, 3.05) is 20.7 Å². The fourth-order valence-corrected chi connectivity index (χ4v) is 4.25. The first kappa shape index (κ1) is 15.8. The van der Waals surface area contributed by atoms with E-state index in [-0.39, 0.29) is 17.5 Å². The van der Waals surface area contributed by atoms with Crippen LogP contribution in [0.5, 0.6) is 17.2 Å². The second-order valence-electron chi connectivity index (χ2n) is 6.86. The minimum absolute atomic E-state index is 0.0758. The molecule has 1 aliphatic carbocycles. The van der Waals surface area contributed by atoms with Crippen molar-refractivity contribution in [1.82, 2.24) is 4.90 Å². The van der Waals surface area contributed by atoms with Gasteiger partial charge in [0.2, 0.25) is 5.69 Å². The Morgan fingerprint density at radius 3 is 2.76 bits per heavy atom. The highest BCUT2D eigenvalue weighted by atomic mass is 16.5. The lowest BCUT2D eigenvalue weighted by atomic mass is 9.75. The molecule has 1 heterocycles. The van der Waals surface area contributed by atoms with Gasteiger partial charge in [0.1, 0.15) is 5.75 Å². The molecule has 1 aliphatic heterocycles. The van der Waals surface area contributed by atoms with Crippen molar-refractivity contribution in [1.29, 1.82) is 0 Å². The molecule has 1 atom stereocenters. The number of nitrogens with zero attached hydrogens (tertiary/aromatic N) is 2. The number of phenolic OH excluding ortho intramolecular Hbond substituents is 2. The number of benzene rings is 2. The molecule has 4 rings (SSSR count). The van der Waals surface area contributed by atoms with E-state index in [2.05, 4.69) is 16.8 Å². The lowest BCUT2D eigenvalue weighted by molar-refractivity contribution is 0.227. The predicted octanol–water partition coefficient (Wildman–Crippen LogP) is 3.72. The Morgan fingerprint density at radius 2 is 2.08 bits per heavy atom. The first-order valence-corrected chi connectivity index (χ1v) is 8.34. The third kappa shape index (κ3) is 2.04. The molecule has 2 aliphatic rings. The molecule has 0 radical (unpaired) electrons. The standard InChI is InChI=1S/C20H20N2O3/c1-10-7-13-11(9-15(10)23)8-14-16-12(5-6-22(14)3)18(21-2)19(24)20(25-4)17(13)16/h7,9,14,23-24H,5-6,8H2,1,3-4H3. The summed E-state index contributed by atoms with van der Waals surface area (Å²) in [4.78, 5) is 5.87. The van der Waals surface area contributed by atoms with Gasteiger partial charge in [0.25, 0.3) is 0 Å². The van der Waals surface area contributed by atoms with E-state index in [0.717, 1.165) is 52.8 Å². The number of fused-ring (bicyclic) bond motifs is 2. The largest absolute Gasteiger partial charge is 0.516 e. The van der Waals surface area contributed by atoms with Crippen LogP contribution in [0.4, 0.5) is 5.69 Å². The van der Waals surface area contributed by atoms with Gasteiger partial charge in [0.15, 0.2) is 11.5 Å². The van der Waals surface area contributed by atoms with Crippen LogP contribution >= 0.6 is 0 Å². The zero-order valence-electron chi connectivity index (χ0n) is 14.6. The van der Waals surface area contributed by atoms with E-state index in [1.54, 1.807) is 0 Å². The molecule has 0 amide bonds.